The van der Waals surface area contributed by atoms with Crippen LogP contribution in [0.2, 0.25) is 0 Å². The van der Waals surface area contributed by atoms with E-state index in [-0.39, 0.29) is 0 Å². The Hall–Kier alpha value is -2.04. The zero-order chi connectivity index (χ0) is 16.0. The lowest BCUT2D eigenvalue weighted by molar-refractivity contribution is -0.143. The molecule has 5 nitrogen and oxygen atoms in total. The third-order valence-corrected chi connectivity index (χ3v) is 2.74. The number of nitrogens with one attached hydrogen (secondary N) is 1. The highest BCUT2D eigenvalue weighted by Crippen LogP contribution is 2.10. The fourth-order valence-corrected chi connectivity index (χ4v) is 1.75. The van der Waals surface area contributed by atoms with Crippen molar-refractivity contribution in [2.75, 3.05) is 7.11 Å². The Morgan fingerprint density at radius 3 is 2.24 bits per heavy atom. The summed E-state index contributed by atoms with van der Waals surface area (Å²) in [7, 11) is 1.29. The smallest absolute Gasteiger partial charge is 0.408 e. The number of amides is 1. The van der Waals surface area contributed by atoms with Crippen LogP contribution < -0.4 is 5.32 Å². The number of hydrogen-bond acceptors (Lipinski definition) is 4. The average Bonchev–Trinajstić information content (AvgIpc) is 2.37. The Morgan fingerprint density at radius 1 is 1.19 bits per heavy atom. The molecule has 0 aliphatic carbocycles. The van der Waals surface area contributed by atoms with Gasteiger partial charge in [-0.05, 0) is 33.3 Å². The van der Waals surface area contributed by atoms with E-state index in [0.717, 1.165) is 11.1 Å². The molecule has 0 radical (unpaired) electrons. The van der Waals surface area contributed by atoms with Crippen molar-refractivity contribution in [1.29, 1.82) is 0 Å². The monoisotopic (exact) mass is 293 g/mol. The van der Waals surface area contributed by atoms with Crippen LogP contribution in [-0.4, -0.2) is 30.8 Å². The number of esters is 1. The maximum atomic E-state index is 11.8. The minimum absolute atomic E-state index is 0.353. The fraction of sp³-hybridized carbons (Fsp3) is 0.500. The van der Waals surface area contributed by atoms with Crippen molar-refractivity contribution in [2.24, 2.45) is 0 Å². The number of rotatable bonds is 4. The molecule has 116 valence electrons. The molecule has 0 aliphatic heterocycles. The van der Waals surface area contributed by atoms with Crippen LogP contribution in [0, 0.1) is 6.92 Å². The van der Waals surface area contributed by atoms with Crippen molar-refractivity contribution in [3.63, 3.8) is 0 Å². The van der Waals surface area contributed by atoms with E-state index in [1.807, 2.05) is 31.2 Å². The van der Waals surface area contributed by atoms with Crippen LogP contribution in [-0.2, 0) is 20.7 Å². The molecule has 0 spiro atoms. The average molecular weight is 293 g/mol. The largest absolute Gasteiger partial charge is 0.467 e. The Bertz CT molecular complexity index is 488. The van der Waals surface area contributed by atoms with Gasteiger partial charge in [-0.1, -0.05) is 29.8 Å². The molecule has 1 N–H and O–H groups in total. The van der Waals surface area contributed by atoms with Gasteiger partial charge in [0.05, 0.1) is 7.11 Å². The number of ether oxygens (including phenoxy) is 2. The van der Waals surface area contributed by atoms with E-state index >= 15 is 0 Å². The first-order valence-corrected chi connectivity index (χ1v) is 6.84. The number of aryl methyl sites for hydroxylation is 1. The normalized spacial score (nSPS) is 12.4. The second kappa shape index (κ2) is 7.11. The van der Waals surface area contributed by atoms with Gasteiger partial charge >= 0.3 is 12.1 Å². The molecule has 0 bridgehead atoms. The first kappa shape index (κ1) is 17.0. The van der Waals surface area contributed by atoms with Crippen LogP contribution in [0.1, 0.15) is 31.9 Å². The molecule has 1 unspecified atom stereocenters. The number of alkyl carbamates (subject to hydrolysis) is 1. The fourth-order valence-electron chi connectivity index (χ4n) is 1.75. The van der Waals surface area contributed by atoms with Gasteiger partial charge in [-0.15, -0.1) is 0 Å². The van der Waals surface area contributed by atoms with Gasteiger partial charge in [0.1, 0.15) is 11.6 Å². The van der Waals surface area contributed by atoms with Crippen molar-refractivity contribution in [3.8, 4) is 0 Å². The summed E-state index contributed by atoms with van der Waals surface area (Å²) in [5.74, 6) is -0.499. The van der Waals surface area contributed by atoms with Crippen LogP contribution in [0.25, 0.3) is 0 Å². The molecule has 0 heterocycles. The van der Waals surface area contributed by atoms with Crippen molar-refractivity contribution in [3.05, 3.63) is 35.4 Å². The summed E-state index contributed by atoms with van der Waals surface area (Å²) in [5.41, 5.74) is 1.45. The van der Waals surface area contributed by atoms with Crippen molar-refractivity contribution >= 4 is 12.1 Å². The van der Waals surface area contributed by atoms with Gasteiger partial charge in [0.15, 0.2) is 0 Å². The molecule has 0 aliphatic rings. The van der Waals surface area contributed by atoms with Crippen LogP contribution in [0.4, 0.5) is 4.79 Å². The molecule has 0 aromatic heterocycles. The summed E-state index contributed by atoms with van der Waals surface area (Å²) in [6, 6.07) is 6.98. The minimum Gasteiger partial charge on any atom is -0.467 e. The van der Waals surface area contributed by atoms with Gasteiger partial charge in [-0.2, -0.15) is 0 Å². The second-order valence-electron chi connectivity index (χ2n) is 5.91. The summed E-state index contributed by atoms with van der Waals surface area (Å²) < 4.78 is 9.89. The SMILES string of the molecule is COC(=O)C(Cc1ccc(C)cc1)NC(=O)OC(C)(C)C. The van der Waals surface area contributed by atoms with E-state index in [1.165, 1.54) is 7.11 Å². The standard InChI is InChI=1S/C16H23NO4/c1-11-6-8-12(9-7-11)10-13(14(18)20-5)17-15(19)21-16(2,3)4/h6-9,13H,10H2,1-5H3,(H,17,19). The summed E-state index contributed by atoms with van der Waals surface area (Å²) in [5, 5.41) is 2.55. The Kier molecular flexibility index (Phi) is 5.76. The molecule has 1 amide bonds. The zero-order valence-electron chi connectivity index (χ0n) is 13.2. The van der Waals surface area contributed by atoms with Gasteiger partial charge < -0.3 is 14.8 Å². The maximum absolute atomic E-state index is 11.8. The predicted molar refractivity (Wildman–Crippen MR) is 80.1 cm³/mol. The molecule has 1 aromatic carbocycles. The van der Waals surface area contributed by atoms with Crippen molar-refractivity contribution < 1.29 is 19.1 Å². The molecule has 1 atom stereocenters. The number of carbonyl (C=O) groups excluding carboxylic acids is 2. The summed E-state index contributed by atoms with van der Waals surface area (Å²) >= 11 is 0. The van der Waals surface area contributed by atoms with E-state index in [9.17, 15) is 9.59 Å². The third kappa shape index (κ3) is 6.29. The Labute approximate surface area is 125 Å². The van der Waals surface area contributed by atoms with Gasteiger partial charge in [0.25, 0.3) is 0 Å². The first-order valence-electron chi connectivity index (χ1n) is 6.84. The quantitative estimate of drug-likeness (QED) is 0.867. The topological polar surface area (TPSA) is 64.6 Å². The van der Waals surface area contributed by atoms with Gasteiger partial charge in [0.2, 0.25) is 0 Å². The van der Waals surface area contributed by atoms with E-state index in [0.29, 0.717) is 6.42 Å². The highest BCUT2D eigenvalue weighted by Gasteiger charge is 2.25. The first-order chi connectivity index (χ1) is 9.71. The zero-order valence-corrected chi connectivity index (χ0v) is 13.2. The van der Waals surface area contributed by atoms with E-state index in [2.05, 4.69) is 5.32 Å². The summed E-state index contributed by atoms with van der Waals surface area (Å²) in [6.45, 7) is 7.28. The number of carbonyl (C=O) groups is 2. The van der Waals surface area contributed by atoms with Crippen LogP contribution in [0.15, 0.2) is 24.3 Å². The minimum atomic E-state index is -0.771. The van der Waals surface area contributed by atoms with Crippen molar-refractivity contribution in [2.45, 2.75) is 45.8 Å². The van der Waals surface area contributed by atoms with E-state index in [1.54, 1.807) is 20.8 Å². The molecule has 1 aromatic rings. The van der Waals surface area contributed by atoms with E-state index < -0.39 is 23.7 Å². The van der Waals surface area contributed by atoms with Crippen LogP contribution in [0.3, 0.4) is 0 Å². The number of hydrogen-bond donors (Lipinski definition) is 1. The molecular formula is C16H23NO4. The molecule has 1 rings (SSSR count). The van der Waals surface area contributed by atoms with Crippen LogP contribution in [0.5, 0.6) is 0 Å². The molecule has 5 heteroatoms. The third-order valence-electron chi connectivity index (χ3n) is 2.74. The van der Waals surface area contributed by atoms with Gasteiger partial charge in [-0.3, -0.25) is 0 Å². The molecule has 0 saturated carbocycles. The van der Waals surface area contributed by atoms with Crippen LogP contribution >= 0.6 is 0 Å². The number of benzene rings is 1. The second-order valence-corrected chi connectivity index (χ2v) is 5.91. The molecule has 0 saturated heterocycles. The maximum Gasteiger partial charge on any atom is 0.408 e. The highest BCUT2D eigenvalue weighted by molar-refractivity contribution is 5.81. The van der Waals surface area contributed by atoms with E-state index in [4.69, 9.17) is 9.47 Å². The van der Waals surface area contributed by atoms with Crippen molar-refractivity contribution in [1.82, 2.24) is 5.32 Å². The van der Waals surface area contributed by atoms with Gasteiger partial charge in [-0.25, -0.2) is 9.59 Å². The Morgan fingerprint density at radius 2 is 1.76 bits per heavy atom. The predicted octanol–water partition coefficient (Wildman–Crippen LogP) is 2.60. The summed E-state index contributed by atoms with van der Waals surface area (Å²) in [6.07, 6.45) is -0.281. The number of methoxy groups -OCH3 is 1. The lowest BCUT2D eigenvalue weighted by Crippen LogP contribution is -2.45. The van der Waals surface area contributed by atoms with Gasteiger partial charge in [0, 0.05) is 6.42 Å². The Balaban J connectivity index is 2.74. The molecule has 0 fully saturated rings. The molecule has 21 heavy (non-hydrogen) atoms. The summed E-state index contributed by atoms with van der Waals surface area (Å²) in [4.78, 5) is 23.6. The molecular weight excluding hydrogens is 270 g/mol. The lowest BCUT2D eigenvalue weighted by Gasteiger charge is -2.22. The highest BCUT2D eigenvalue weighted by atomic mass is 16.6. The lowest BCUT2D eigenvalue weighted by atomic mass is 10.0.